The minimum Gasteiger partial charge on any atom is -0.339 e. The summed E-state index contributed by atoms with van der Waals surface area (Å²) in [4.78, 5) is 0. The molecule has 0 amide bonds. The van der Waals surface area contributed by atoms with Crippen molar-refractivity contribution in [1.82, 2.24) is 9.99 Å². The summed E-state index contributed by atoms with van der Waals surface area (Å²) in [6.45, 7) is 1.83. The normalized spacial score (nSPS) is 11.4. The van der Waals surface area contributed by atoms with Crippen LogP contribution in [0.1, 0.15) is 22.5 Å². The number of alkyl halides is 3. The van der Waals surface area contributed by atoms with Gasteiger partial charge >= 0.3 is 6.18 Å². The summed E-state index contributed by atoms with van der Waals surface area (Å²) in [6, 6.07) is 8.41. The van der Waals surface area contributed by atoms with E-state index in [9.17, 15) is 13.2 Å². The van der Waals surface area contributed by atoms with Gasteiger partial charge in [0.1, 0.15) is 11.8 Å². The third-order valence-corrected chi connectivity index (χ3v) is 3.70. The fourth-order valence-electron chi connectivity index (χ4n) is 2.05. The Morgan fingerprint density at radius 2 is 2.08 bits per heavy atom. The first kappa shape index (κ1) is 18.5. The molecule has 1 heterocycles. The van der Waals surface area contributed by atoms with Crippen molar-refractivity contribution >= 4 is 29.2 Å². The molecular formula is C16H14F3N5S. The zero-order chi connectivity index (χ0) is 18.6. The summed E-state index contributed by atoms with van der Waals surface area (Å²) in [5, 5.41) is 15.6. The van der Waals surface area contributed by atoms with Gasteiger partial charge in [-0.05, 0) is 43.4 Å². The van der Waals surface area contributed by atoms with Crippen molar-refractivity contribution < 1.29 is 13.2 Å². The monoisotopic (exact) mass is 365 g/mol. The van der Waals surface area contributed by atoms with Gasteiger partial charge in [-0.25, -0.2) is 0 Å². The van der Waals surface area contributed by atoms with Gasteiger partial charge in [-0.1, -0.05) is 6.07 Å². The Bertz CT molecular complexity index is 862. The minimum absolute atomic E-state index is 0.0460. The highest BCUT2D eigenvalue weighted by Crippen LogP contribution is 2.30. The molecule has 130 valence electrons. The largest absolute Gasteiger partial charge is 0.416 e. The summed E-state index contributed by atoms with van der Waals surface area (Å²) in [5.41, 5.74) is 4.02. The number of hydrogen-bond donors (Lipinski definition) is 2. The Labute approximate surface area is 147 Å². The molecule has 0 aliphatic carbocycles. The summed E-state index contributed by atoms with van der Waals surface area (Å²) < 4.78 is 39.7. The second-order valence-electron chi connectivity index (χ2n) is 5.14. The minimum atomic E-state index is -4.42. The van der Waals surface area contributed by atoms with Crippen LogP contribution in [0.4, 0.5) is 18.9 Å². The third kappa shape index (κ3) is 4.58. The molecule has 5 nitrogen and oxygen atoms in total. The van der Waals surface area contributed by atoms with Crippen molar-refractivity contribution in [1.29, 1.82) is 5.26 Å². The maximum atomic E-state index is 12.7. The van der Waals surface area contributed by atoms with Gasteiger partial charge in [-0.2, -0.15) is 23.5 Å². The average Bonchev–Trinajstić information content (AvgIpc) is 2.82. The van der Waals surface area contributed by atoms with Crippen LogP contribution in [0.5, 0.6) is 0 Å². The molecule has 2 aromatic rings. The molecule has 0 atom stereocenters. The number of aromatic nitrogens is 1. The van der Waals surface area contributed by atoms with Crippen LogP contribution in [-0.4, -0.2) is 15.9 Å². The Kier molecular flexibility index (Phi) is 5.44. The predicted molar refractivity (Wildman–Crippen MR) is 93.3 cm³/mol. The van der Waals surface area contributed by atoms with Crippen LogP contribution in [0.3, 0.4) is 0 Å². The van der Waals surface area contributed by atoms with Crippen molar-refractivity contribution in [2.75, 3.05) is 5.32 Å². The summed E-state index contributed by atoms with van der Waals surface area (Å²) in [6.07, 6.45) is -2.94. The van der Waals surface area contributed by atoms with E-state index in [2.05, 4.69) is 21.9 Å². The second-order valence-corrected chi connectivity index (χ2v) is 5.55. The van der Waals surface area contributed by atoms with Gasteiger partial charge in [0.2, 0.25) is 0 Å². The highest BCUT2D eigenvalue weighted by atomic mass is 32.1. The molecule has 0 saturated carbocycles. The maximum absolute atomic E-state index is 12.7. The number of hydrazone groups is 1. The number of hydrogen-bond acceptors (Lipinski definition) is 3. The zero-order valence-electron chi connectivity index (χ0n) is 13.3. The first-order valence-electron chi connectivity index (χ1n) is 7.06. The van der Waals surface area contributed by atoms with Crippen molar-refractivity contribution in [3.63, 3.8) is 0 Å². The number of thiocarbonyl (C=S) groups is 1. The molecule has 0 fully saturated rings. The third-order valence-electron chi connectivity index (χ3n) is 3.51. The van der Waals surface area contributed by atoms with Crippen molar-refractivity contribution in [2.45, 2.75) is 13.1 Å². The molecule has 0 aliphatic heterocycles. The van der Waals surface area contributed by atoms with Crippen LogP contribution in [0, 0.1) is 18.3 Å². The number of nitriles is 1. The lowest BCUT2D eigenvalue weighted by molar-refractivity contribution is -0.137. The Morgan fingerprint density at radius 1 is 1.36 bits per heavy atom. The molecule has 0 radical (unpaired) electrons. The van der Waals surface area contributed by atoms with Crippen LogP contribution in [0.25, 0.3) is 0 Å². The van der Waals surface area contributed by atoms with Crippen LogP contribution in [-0.2, 0) is 13.2 Å². The van der Waals surface area contributed by atoms with Crippen LogP contribution < -0.4 is 10.7 Å². The lowest BCUT2D eigenvalue weighted by atomic mass is 10.2. The van der Waals surface area contributed by atoms with E-state index < -0.39 is 11.7 Å². The van der Waals surface area contributed by atoms with Gasteiger partial charge in [0.05, 0.1) is 11.8 Å². The van der Waals surface area contributed by atoms with Gasteiger partial charge in [0.25, 0.3) is 0 Å². The van der Waals surface area contributed by atoms with Crippen molar-refractivity contribution in [3.8, 4) is 6.07 Å². The highest BCUT2D eigenvalue weighted by molar-refractivity contribution is 7.80. The lowest BCUT2D eigenvalue weighted by Gasteiger charge is -2.10. The van der Waals surface area contributed by atoms with Gasteiger partial charge in [-0.3, -0.25) is 5.43 Å². The van der Waals surface area contributed by atoms with E-state index in [1.807, 2.05) is 6.92 Å². The van der Waals surface area contributed by atoms with Gasteiger partial charge < -0.3 is 9.88 Å². The summed E-state index contributed by atoms with van der Waals surface area (Å²) >= 11 is 5.00. The van der Waals surface area contributed by atoms with E-state index >= 15 is 0 Å². The number of nitrogens with zero attached hydrogens (tertiary/aromatic N) is 3. The topological polar surface area (TPSA) is 65.1 Å². The fraction of sp³-hybridized carbons (Fsp3) is 0.188. The standard InChI is InChI=1S/C16H14F3N5S/c1-10-11(6-14(8-20)24(10)2)9-21-23-15(25)22-13-5-3-4-12(7-13)16(17,18)19/h3-7,9H,1-2H3,(H2,22,23,25)/b21-9-. The highest BCUT2D eigenvalue weighted by Gasteiger charge is 2.30. The van der Waals surface area contributed by atoms with E-state index in [0.29, 0.717) is 5.69 Å². The van der Waals surface area contributed by atoms with Crippen molar-refractivity contribution in [3.05, 3.63) is 52.8 Å². The van der Waals surface area contributed by atoms with Gasteiger partial charge in [0.15, 0.2) is 5.11 Å². The molecule has 25 heavy (non-hydrogen) atoms. The van der Waals surface area contributed by atoms with Gasteiger partial charge in [-0.15, -0.1) is 0 Å². The molecule has 0 saturated heterocycles. The van der Waals surface area contributed by atoms with Crippen LogP contribution in [0.15, 0.2) is 35.4 Å². The first-order valence-corrected chi connectivity index (χ1v) is 7.47. The molecule has 2 N–H and O–H groups in total. The predicted octanol–water partition coefficient (Wildman–Crippen LogP) is 3.54. The number of nitrogens with one attached hydrogen (secondary N) is 2. The molecule has 0 spiro atoms. The molecule has 1 aromatic heterocycles. The van der Waals surface area contributed by atoms with E-state index in [1.54, 1.807) is 17.7 Å². The lowest BCUT2D eigenvalue weighted by Crippen LogP contribution is -2.24. The van der Waals surface area contributed by atoms with E-state index in [1.165, 1.54) is 18.3 Å². The van der Waals surface area contributed by atoms with Crippen molar-refractivity contribution in [2.24, 2.45) is 12.1 Å². The Hall–Kier alpha value is -2.86. The quantitative estimate of drug-likeness (QED) is 0.496. The molecule has 9 heteroatoms. The molecular weight excluding hydrogens is 351 g/mol. The number of benzene rings is 1. The van der Waals surface area contributed by atoms with Crippen LogP contribution in [0.2, 0.25) is 0 Å². The zero-order valence-corrected chi connectivity index (χ0v) is 14.2. The molecule has 0 bridgehead atoms. The van der Waals surface area contributed by atoms with E-state index in [4.69, 9.17) is 17.5 Å². The number of halogens is 3. The molecule has 0 aliphatic rings. The molecule has 2 rings (SSSR count). The summed E-state index contributed by atoms with van der Waals surface area (Å²) in [5.74, 6) is 0. The maximum Gasteiger partial charge on any atom is 0.416 e. The Balaban J connectivity index is 2.01. The second kappa shape index (κ2) is 7.36. The first-order chi connectivity index (χ1) is 11.7. The molecule has 1 aromatic carbocycles. The average molecular weight is 365 g/mol. The van der Waals surface area contributed by atoms with E-state index in [0.717, 1.165) is 23.4 Å². The number of anilines is 1. The fourth-order valence-corrected chi connectivity index (χ4v) is 2.22. The SMILES string of the molecule is Cc1c(/C=N\NC(=S)Nc2cccc(C(F)(F)F)c2)cc(C#N)n1C. The van der Waals surface area contributed by atoms with E-state index in [-0.39, 0.29) is 10.8 Å². The Morgan fingerprint density at radius 3 is 2.68 bits per heavy atom. The number of rotatable bonds is 3. The molecule has 0 unspecified atom stereocenters. The summed E-state index contributed by atoms with van der Waals surface area (Å²) in [7, 11) is 1.76. The van der Waals surface area contributed by atoms with Gasteiger partial charge in [0, 0.05) is 24.0 Å². The smallest absolute Gasteiger partial charge is 0.339 e. The van der Waals surface area contributed by atoms with Crippen LogP contribution >= 0.6 is 12.2 Å².